The van der Waals surface area contributed by atoms with E-state index >= 15 is 0 Å². The van der Waals surface area contributed by atoms with Gasteiger partial charge in [-0.05, 0) is 206 Å². The number of aromatic nitrogens is 3. The van der Waals surface area contributed by atoms with Gasteiger partial charge in [0.05, 0.1) is 28.4 Å². The van der Waals surface area contributed by atoms with Crippen LogP contribution in [-0.2, 0) is 0 Å². The highest BCUT2D eigenvalue weighted by Gasteiger charge is 2.46. The predicted octanol–water partition coefficient (Wildman–Crippen LogP) is 22.1. The van der Waals surface area contributed by atoms with Gasteiger partial charge in [-0.2, -0.15) is 8.75 Å². The Bertz CT molecular complexity index is 7640. The summed E-state index contributed by atoms with van der Waals surface area (Å²) < 4.78 is 13.0. The zero-order chi connectivity index (χ0) is 93.9. The molecule has 0 bridgehead atoms. The summed E-state index contributed by atoms with van der Waals surface area (Å²) >= 11 is 1.26. The zero-order valence-corrected chi connectivity index (χ0v) is 82.4. The second-order valence-corrected chi connectivity index (χ2v) is 52.3. The molecule has 0 fully saturated rings. The summed E-state index contributed by atoms with van der Waals surface area (Å²) in [6.07, 6.45) is 0. The maximum absolute atomic E-state index is 5.28. The molecule has 9 heteroatoms. The van der Waals surface area contributed by atoms with E-state index in [0.29, 0.717) is 0 Å². The van der Waals surface area contributed by atoms with Gasteiger partial charge in [-0.3, -0.25) is 0 Å². The fourth-order valence-corrected chi connectivity index (χ4v) is 42.2. The SMILES string of the molecule is c1ccc([Si](c2ccccc2)(c2ccccc2)c2ccc(-c3ccc(N(c4ccc(-c5ccc([Si](c6ccccc6)(c6ccccc6)c6ccccc6)cc5)cc4)c4ccc(-c5ccc(-n6c7ccc(-c8ccc([Si](c9ccccc9)(c9ccccc9)c9ccccc9)cc8)cc7c7cc(-c8ccc([Si](c9ccccc9)(c9ccccc9)c9ccccc9)cc8)ccc76)cc5)c5nsnc45)cc3)cc2)cc1. The van der Waals surface area contributed by atoms with Crippen LogP contribution in [0.2, 0.25) is 0 Å². The lowest BCUT2D eigenvalue weighted by Gasteiger charge is -2.34. The van der Waals surface area contributed by atoms with Crippen LogP contribution in [0.25, 0.3) is 94.2 Å². The average molecular weight is 1880 g/mol. The van der Waals surface area contributed by atoms with Gasteiger partial charge in [-0.1, -0.05) is 510 Å². The Balaban J connectivity index is 0.608. The standard InChI is InChI=1S/C132H96N4SSi4/c1-13-37-109(38-14-1)138(110-39-15-2-16-40-110,111-41-17-3-18-42-111)121-83-67-99(68-84-121)97-61-77-106(78-62-97)135(107-79-63-98(64-80-107)100-69-85-122(86-70-100)139(112-43-19-4-20-44-112,113-45-21-5-22-46-113)114-47-23-6-24-48-114)130-94-91-125(131-132(130)134-137-133-131)103-65-81-108(82-66-103)136-128-92-75-104(101-71-87-123(88-72-101)140(115-49-25-7-26-50-115,116-51-27-8-28-52-116)117-53-29-9-30-54-117)95-126(128)127-96-105(76-93-129(127)136)102-73-89-124(90-74-102)141(118-55-31-10-32-56-118,119-57-33-11-34-58-119)120-59-35-12-36-60-120/h1-96H. The zero-order valence-electron chi connectivity index (χ0n) is 77.6. The molecule has 4 nitrogen and oxygen atoms in total. The number of benzene rings is 22. The fraction of sp³-hybridized carbons (Fsp3) is 0. The maximum Gasteiger partial charge on any atom is 0.179 e. The lowest BCUT2D eigenvalue weighted by atomic mass is 10.0. The summed E-state index contributed by atoms with van der Waals surface area (Å²) in [5, 5.41) is 23.8. The van der Waals surface area contributed by atoms with Crippen molar-refractivity contribution < 1.29 is 0 Å². The summed E-state index contributed by atoms with van der Waals surface area (Å²) in [5.74, 6) is 0. The highest BCUT2D eigenvalue weighted by atomic mass is 32.1. The number of hydrogen-bond acceptors (Lipinski definition) is 4. The molecule has 0 N–H and O–H groups in total. The smallest absolute Gasteiger partial charge is 0.179 e. The molecule has 0 aliphatic rings. The van der Waals surface area contributed by atoms with Gasteiger partial charge >= 0.3 is 0 Å². The Morgan fingerprint density at radius 3 is 0.610 bits per heavy atom. The minimum Gasteiger partial charge on any atom is -0.309 e. The summed E-state index contributed by atoms with van der Waals surface area (Å²) in [7, 11) is -11.1. The molecule has 0 unspecified atom stereocenters. The van der Waals surface area contributed by atoms with E-state index < -0.39 is 32.3 Å². The Hall–Kier alpha value is -16.9. The molecule has 0 aliphatic heterocycles. The largest absolute Gasteiger partial charge is 0.309 e. The van der Waals surface area contributed by atoms with Crippen molar-refractivity contribution in [2.75, 3.05) is 4.90 Å². The number of fused-ring (bicyclic) bond motifs is 4. The normalized spacial score (nSPS) is 11.8. The Morgan fingerprint density at radius 1 is 0.170 bits per heavy atom. The van der Waals surface area contributed by atoms with Gasteiger partial charge < -0.3 is 9.47 Å². The minimum atomic E-state index is -2.79. The number of anilines is 3. The van der Waals surface area contributed by atoms with E-state index in [1.54, 1.807) is 0 Å². The first-order valence-electron chi connectivity index (χ1n) is 48.5. The Morgan fingerprint density at radius 2 is 0.369 bits per heavy atom. The first kappa shape index (κ1) is 86.9. The predicted molar refractivity (Wildman–Crippen MR) is 608 cm³/mol. The molecule has 666 valence electrons. The minimum absolute atomic E-state index is 0.819. The highest BCUT2D eigenvalue weighted by molar-refractivity contribution is 7.22. The molecule has 24 aromatic rings. The molecule has 0 spiro atoms. The average Bonchev–Trinajstić information content (AvgIpc) is 1.68. The van der Waals surface area contributed by atoms with Crippen molar-refractivity contribution in [2.24, 2.45) is 0 Å². The van der Waals surface area contributed by atoms with Gasteiger partial charge in [0.15, 0.2) is 32.3 Å². The van der Waals surface area contributed by atoms with Crippen molar-refractivity contribution in [1.82, 2.24) is 13.3 Å². The van der Waals surface area contributed by atoms with Crippen molar-refractivity contribution in [3.63, 3.8) is 0 Å². The monoisotopic (exact) mass is 1880 g/mol. The molecular formula is C132H96N4SSi4. The van der Waals surface area contributed by atoms with Crippen LogP contribution < -0.4 is 87.9 Å². The van der Waals surface area contributed by atoms with Gasteiger partial charge in [0.25, 0.3) is 0 Å². The van der Waals surface area contributed by atoms with Crippen LogP contribution >= 0.6 is 11.7 Å². The van der Waals surface area contributed by atoms with Crippen LogP contribution in [0.1, 0.15) is 0 Å². The first-order chi connectivity index (χ1) is 69.9. The fourth-order valence-electron chi connectivity index (χ4n) is 22.7. The number of hydrogen-bond donors (Lipinski definition) is 0. The van der Waals surface area contributed by atoms with Gasteiger partial charge in [0.1, 0.15) is 11.0 Å². The first-order valence-corrected chi connectivity index (χ1v) is 57.2. The molecule has 0 saturated carbocycles. The quantitative estimate of drug-likeness (QED) is 0.0422. The van der Waals surface area contributed by atoms with E-state index in [-0.39, 0.29) is 0 Å². The summed E-state index contributed by atoms with van der Waals surface area (Å²) in [6, 6.07) is 218. The van der Waals surface area contributed by atoms with Crippen LogP contribution in [0.3, 0.4) is 0 Å². The van der Waals surface area contributed by atoms with Crippen LogP contribution in [0.15, 0.2) is 582 Å². The molecule has 0 radical (unpaired) electrons. The van der Waals surface area contributed by atoms with Crippen molar-refractivity contribution in [3.05, 3.63) is 582 Å². The van der Waals surface area contributed by atoms with Gasteiger partial charge in [-0.15, -0.1) is 0 Å². The lowest BCUT2D eigenvalue weighted by Crippen LogP contribution is -2.74. The molecule has 141 heavy (non-hydrogen) atoms. The van der Waals surface area contributed by atoms with Gasteiger partial charge in [-0.25, -0.2) is 0 Å². The van der Waals surface area contributed by atoms with Crippen LogP contribution in [-0.4, -0.2) is 45.6 Å². The molecule has 2 aromatic heterocycles. The highest BCUT2D eigenvalue weighted by Crippen LogP contribution is 2.44. The van der Waals surface area contributed by atoms with Crippen LogP contribution in [0.4, 0.5) is 17.1 Å². The van der Waals surface area contributed by atoms with Gasteiger partial charge in [0.2, 0.25) is 0 Å². The maximum atomic E-state index is 5.28. The summed E-state index contributed by atoms with van der Waals surface area (Å²) in [5.41, 5.74) is 19.1. The molecule has 0 amide bonds. The summed E-state index contributed by atoms with van der Waals surface area (Å²) in [4.78, 5) is 2.37. The molecule has 24 rings (SSSR count). The van der Waals surface area contributed by atoms with E-state index in [4.69, 9.17) is 8.75 Å². The van der Waals surface area contributed by atoms with Crippen molar-refractivity contribution in [1.29, 1.82) is 0 Å². The van der Waals surface area contributed by atoms with Crippen molar-refractivity contribution in [3.8, 4) is 61.3 Å². The third kappa shape index (κ3) is 15.4. The van der Waals surface area contributed by atoms with Crippen molar-refractivity contribution in [2.45, 2.75) is 0 Å². The van der Waals surface area contributed by atoms with Crippen molar-refractivity contribution >= 4 is 177 Å². The molecule has 0 aliphatic carbocycles. The molecule has 0 saturated heterocycles. The van der Waals surface area contributed by atoms with E-state index in [1.165, 1.54) is 105 Å². The van der Waals surface area contributed by atoms with E-state index in [9.17, 15) is 0 Å². The summed E-state index contributed by atoms with van der Waals surface area (Å²) in [6.45, 7) is 0. The molecular weight excluding hydrogens is 1790 g/mol. The molecule has 2 heterocycles. The lowest BCUT2D eigenvalue weighted by molar-refractivity contribution is 1.18. The Labute approximate surface area is 832 Å². The van der Waals surface area contributed by atoms with Crippen LogP contribution in [0, 0.1) is 0 Å². The van der Waals surface area contributed by atoms with E-state index in [1.807, 2.05) is 0 Å². The Kier molecular flexibility index (Phi) is 23.4. The second-order valence-electron chi connectivity index (χ2n) is 36.6. The van der Waals surface area contributed by atoms with E-state index in [0.717, 1.165) is 100 Å². The molecule has 22 aromatic carbocycles. The van der Waals surface area contributed by atoms with Gasteiger partial charge in [0, 0.05) is 33.4 Å². The van der Waals surface area contributed by atoms with E-state index in [2.05, 4.69) is 592 Å². The third-order valence-electron chi connectivity index (χ3n) is 29.2. The number of rotatable bonds is 25. The van der Waals surface area contributed by atoms with Crippen LogP contribution in [0.5, 0.6) is 0 Å². The number of nitrogens with zero attached hydrogens (tertiary/aromatic N) is 4. The molecule has 0 atom stereocenters. The topological polar surface area (TPSA) is 34.0 Å². The third-order valence-corrected chi connectivity index (χ3v) is 48.9. The second kappa shape index (κ2) is 37.9.